The molecule has 0 saturated heterocycles. The molecule has 0 spiro atoms. The number of sulfonamides is 3. The van der Waals surface area contributed by atoms with E-state index in [4.69, 9.17) is 104 Å². The smallest absolute Gasteiger partial charge is 0.240 e. The first-order chi connectivity index (χ1) is 52.6. The molecule has 110 heavy (non-hydrogen) atoms. The quantitative estimate of drug-likeness (QED) is 0.0194. The van der Waals surface area contributed by atoms with E-state index in [0.717, 1.165) is 50.1 Å². The number of benzene rings is 6. The molecular formula is C77H101Cl6N9O15S3. The number of nitrogens with one attached hydrogen (secondary N) is 5. The molecule has 33 heteroatoms. The largest absolute Gasteiger partial charge is 0.379 e. The molecule has 9 rings (SSSR count). The van der Waals surface area contributed by atoms with Crippen molar-refractivity contribution in [3.05, 3.63) is 189 Å². The lowest BCUT2D eigenvalue weighted by molar-refractivity contribution is -0.121. The Balaban J connectivity index is 0.0000155. The number of hydrogen-bond donors (Lipinski definition) is 6. The molecule has 3 aliphatic heterocycles. The van der Waals surface area contributed by atoms with Crippen molar-refractivity contribution in [1.82, 2.24) is 39.5 Å². The van der Waals surface area contributed by atoms with Crippen molar-refractivity contribution < 1.29 is 69.5 Å². The van der Waals surface area contributed by atoms with Crippen LogP contribution in [0.25, 0.3) is 0 Å². The predicted molar refractivity (Wildman–Crippen MR) is 431 cm³/mol. The van der Waals surface area contributed by atoms with Crippen LogP contribution in [0.5, 0.6) is 0 Å². The fraction of sp³-hybridized carbons (Fsp3) is 0.494. The zero-order valence-electron chi connectivity index (χ0n) is 62.1. The first kappa shape index (κ1) is 88.9. The van der Waals surface area contributed by atoms with Crippen LogP contribution < -0.4 is 30.5 Å². The number of hydrogen-bond acceptors (Lipinski definition) is 19. The van der Waals surface area contributed by atoms with Gasteiger partial charge < -0.3 is 59.5 Å². The number of fused-ring (bicyclic) bond motifs is 3. The molecule has 0 radical (unpaired) electrons. The van der Waals surface area contributed by atoms with Gasteiger partial charge in [-0.25, -0.2) is 39.4 Å². The van der Waals surface area contributed by atoms with Crippen molar-refractivity contribution in [1.29, 1.82) is 0 Å². The van der Waals surface area contributed by atoms with Gasteiger partial charge in [0.25, 0.3) is 0 Å². The van der Waals surface area contributed by atoms with Gasteiger partial charge in [-0.15, -0.1) is 0 Å². The van der Waals surface area contributed by atoms with Gasteiger partial charge in [-0.2, -0.15) is 0 Å². The van der Waals surface area contributed by atoms with E-state index in [2.05, 4.69) is 39.5 Å². The van der Waals surface area contributed by atoms with E-state index in [1.807, 2.05) is 57.5 Å². The number of nitrogens with two attached hydrogens (primary N) is 1. The first-order valence-corrected chi connectivity index (χ1v) is 43.4. The lowest BCUT2D eigenvalue weighted by Gasteiger charge is -2.33. The summed E-state index contributed by atoms with van der Waals surface area (Å²) in [4.78, 5) is 46.4. The van der Waals surface area contributed by atoms with Gasteiger partial charge in [0.1, 0.15) is 5.78 Å². The first-order valence-electron chi connectivity index (χ1n) is 36.7. The van der Waals surface area contributed by atoms with Crippen molar-refractivity contribution in [3.8, 4) is 0 Å². The molecule has 0 bridgehead atoms. The Labute approximate surface area is 678 Å². The summed E-state index contributed by atoms with van der Waals surface area (Å²) >= 11 is 38.9. The maximum atomic E-state index is 13.4. The second-order valence-electron chi connectivity index (χ2n) is 27.9. The highest BCUT2D eigenvalue weighted by Gasteiger charge is 2.33. The van der Waals surface area contributed by atoms with Crippen molar-refractivity contribution in [2.75, 3.05) is 153 Å². The Bertz CT molecular complexity index is 4030. The Hall–Kier alpha value is -5.00. The van der Waals surface area contributed by atoms with Crippen molar-refractivity contribution >= 4 is 117 Å². The van der Waals surface area contributed by atoms with Crippen LogP contribution in [-0.4, -0.2) is 216 Å². The average Bonchev–Trinajstić information content (AvgIpc) is 0.782. The molecule has 604 valence electrons. The molecule has 6 aromatic rings. The fourth-order valence-corrected chi connectivity index (χ4v) is 18.6. The summed E-state index contributed by atoms with van der Waals surface area (Å²) in [5, 5.41) is 8.92. The Morgan fingerprint density at radius 3 is 1.05 bits per heavy atom. The second kappa shape index (κ2) is 43.1. The number of ketones is 1. The van der Waals surface area contributed by atoms with Gasteiger partial charge in [-0.1, -0.05) is 106 Å². The molecule has 6 aromatic carbocycles. The molecule has 0 aliphatic carbocycles. The Morgan fingerprint density at radius 2 is 0.718 bits per heavy atom. The number of halogens is 6. The van der Waals surface area contributed by atoms with Gasteiger partial charge >= 0.3 is 0 Å². The third-order valence-electron chi connectivity index (χ3n) is 19.4. The van der Waals surface area contributed by atoms with Gasteiger partial charge in [0.15, 0.2) is 0 Å². The summed E-state index contributed by atoms with van der Waals surface area (Å²) in [5.74, 6) is -1.07. The number of carbonyl (C=O) groups excluding carboxylic acids is 3. The molecule has 3 heterocycles. The van der Waals surface area contributed by atoms with E-state index < -0.39 is 35.6 Å². The number of likely N-dealkylation sites (N-methyl/N-ethyl adjacent to an activating group) is 3. The van der Waals surface area contributed by atoms with E-state index in [0.29, 0.717) is 75.8 Å². The van der Waals surface area contributed by atoms with Gasteiger partial charge in [-0.05, 0) is 170 Å². The SMILES string of the molecule is CN1Cc2c(Cl)cc(Cl)cc2[C@H](c2cccc(S(=O)(=O)NCCOCCOCCCC(=O)CCC(N)(CCC(=O)NCCOCCOCCNS(=O)(=O)c3cccc([C@@H]4CN(C)Cc5c(Cl)cc(Cl)cc54)c3)CCC(=O)NCCOCCOCCNS(=O)(=O)c3cccc([C@@H]4CN(C)Cc5c(Cl)cc(Cl)cc54)c3)c2)C1.[2HH]. The van der Waals surface area contributed by atoms with Crippen LogP contribution in [0.4, 0.5) is 0 Å². The third kappa shape index (κ3) is 27.1. The highest BCUT2D eigenvalue weighted by molar-refractivity contribution is 7.90. The van der Waals surface area contributed by atoms with Gasteiger partial charge in [0, 0.05) is 159 Å². The Kier molecular flexibility index (Phi) is 34.8. The monoisotopic (exact) mass is 1700 g/mol. The molecule has 0 aromatic heterocycles. The van der Waals surface area contributed by atoms with E-state index in [1.54, 1.807) is 72.8 Å². The summed E-state index contributed by atoms with van der Waals surface area (Å²) in [6.45, 7) is 6.39. The molecule has 0 fully saturated rings. The van der Waals surface area contributed by atoms with Gasteiger partial charge in [-0.3, -0.25) is 14.4 Å². The zero-order valence-corrected chi connectivity index (χ0v) is 69.1. The molecule has 0 unspecified atom stereocenters. The van der Waals surface area contributed by atoms with Crippen LogP contribution >= 0.6 is 69.6 Å². The maximum absolute atomic E-state index is 13.4. The van der Waals surface area contributed by atoms with Crippen LogP contribution in [0.2, 0.25) is 30.1 Å². The van der Waals surface area contributed by atoms with Crippen LogP contribution in [-0.2, 0) is 92.5 Å². The number of carbonyl (C=O) groups is 3. The van der Waals surface area contributed by atoms with E-state index in [-0.39, 0.29) is 208 Å². The standard InChI is InChI=1S/C77H99Cl6N9O15S3.H2/c1-90-47-66(63-41-56(78)44-72(81)69(63)50-90)53-8-4-12-60(38-53)108(96,97)87-23-29-105-33-32-102-26-7-11-59(93)15-18-77(84,19-16-75(94)85-21-27-103-34-36-106-30-24-88-109(98,99)61-13-5-9-54(39-61)67-48-91(2)51-70-64(67)42-57(79)45-73(70)82)20-17-76(95)86-22-28-104-35-37-107-31-25-89-110(100,101)62-14-6-10-55(40-62)68-49-92(3)52-71-65(68)43-58(80)46-74(71)83;/h4-6,8-10,12-14,38-46,66-68,87-89H,7,11,15-37,47-52,84H2,1-3H3,(H,85,94)(H,86,95);1H/t66-,67-,68-;/m0./s1/i;1+1. The Morgan fingerprint density at radius 1 is 0.418 bits per heavy atom. The second-order valence-corrected chi connectivity index (χ2v) is 35.7. The highest BCUT2D eigenvalue weighted by atomic mass is 35.5. The molecule has 7 N–H and O–H groups in total. The highest BCUT2D eigenvalue weighted by Crippen LogP contribution is 2.42. The minimum absolute atomic E-state index is 0. The molecule has 2 amide bonds. The van der Waals surface area contributed by atoms with E-state index in [9.17, 15) is 39.6 Å². The topological polar surface area (TPSA) is 305 Å². The van der Waals surface area contributed by atoms with Crippen molar-refractivity contribution in [2.24, 2.45) is 5.73 Å². The summed E-state index contributed by atoms with van der Waals surface area (Å²) in [6, 6.07) is 31.3. The minimum atomic E-state index is -3.87. The summed E-state index contributed by atoms with van der Waals surface area (Å²) in [6.07, 6.45) is 1.32. The molecule has 24 nitrogen and oxygen atoms in total. The molecule has 3 aliphatic rings. The number of amides is 2. The summed E-state index contributed by atoms with van der Waals surface area (Å²) in [5.41, 5.74) is 14.2. The van der Waals surface area contributed by atoms with Crippen LogP contribution in [0.1, 0.15) is 121 Å². The van der Waals surface area contributed by atoms with Crippen molar-refractivity contribution in [2.45, 2.75) is 109 Å². The lowest BCUT2D eigenvalue weighted by atomic mass is 9.83. The van der Waals surface area contributed by atoms with Crippen molar-refractivity contribution in [3.63, 3.8) is 0 Å². The molecule has 0 saturated carbocycles. The van der Waals surface area contributed by atoms with Crippen LogP contribution in [0.3, 0.4) is 0 Å². The lowest BCUT2D eigenvalue weighted by Crippen LogP contribution is -2.43. The van der Waals surface area contributed by atoms with Gasteiger partial charge in [0.2, 0.25) is 41.9 Å². The van der Waals surface area contributed by atoms with Crippen LogP contribution in [0, 0.1) is 0 Å². The predicted octanol–water partition coefficient (Wildman–Crippen LogP) is 10.5. The van der Waals surface area contributed by atoms with E-state index in [1.165, 1.54) is 0 Å². The normalized spacial score (nSPS) is 16.5. The molecular weight excluding hydrogens is 1600 g/mol. The summed E-state index contributed by atoms with van der Waals surface area (Å²) < 4.78 is 122. The minimum Gasteiger partial charge on any atom is -0.379 e. The third-order valence-corrected chi connectivity index (χ3v) is 25.4. The number of rotatable bonds is 46. The van der Waals surface area contributed by atoms with Crippen LogP contribution in [0.15, 0.2) is 124 Å². The maximum Gasteiger partial charge on any atom is 0.240 e. The number of nitrogens with zero attached hydrogens (tertiary/aromatic N) is 3. The fourth-order valence-electron chi connectivity index (χ4n) is 13.7. The number of ether oxygens (including phenoxy) is 6. The van der Waals surface area contributed by atoms with Gasteiger partial charge in [0.05, 0.1) is 87.4 Å². The zero-order chi connectivity index (χ0) is 79.0. The molecule has 3 atom stereocenters. The summed E-state index contributed by atoms with van der Waals surface area (Å²) in [7, 11) is -5.65. The van der Waals surface area contributed by atoms with E-state index >= 15 is 0 Å². The number of Topliss-reactive ketones (excluding diaryl/α,β-unsaturated/α-hetero) is 1. The average molecular weight is 1700 g/mol.